The number of rotatable bonds is 1. The summed E-state index contributed by atoms with van der Waals surface area (Å²) in [6, 6.07) is -0.105. The molecule has 0 aromatic heterocycles. The molecule has 4 N–H and O–H groups in total. The fraction of sp³-hybridized carbons (Fsp3) is 1.00. The van der Waals surface area contributed by atoms with Crippen molar-refractivity contribution in [1.29, 1.82) is 0 Å². The normalized spacial score (nSPS) is 20.0. The Labute approximate surface area is 42.5 Å². The third kappa shape index (κ3) is 2.45. The predicted molar refractivity (Wildman–Crippen MR) is 27.5 cm³/mol. The minimum Gasteiger partial charge on any atom is -0.326 e. The van der Waals surface area contributed by atoms with Crippen molar-refractivity contribution in [2.45, 2.75) is 18.5 Å². The van der Waals surface area contributed by atoms with Gasteiger partial charge in [-0.3, -0.25) is 0 Å². The smallest absolute Gasteiger partial charge is 0.0950 e. The molecule has 0 saturated carbocycles. The molecule has 0 amide bonds. The van der Waals surface area contributed by atoms with Crippen molar-refractivity contribution in [3.8, 4) is 0 Å². The van der Waals surface area contributed by atoms with Crippen LogP contribution < -0.4 is 11.5 Å². The molecular weight excluding hydrogens is 99.5 g/mol. The number of hydrogen-bond acceptors (Lipinski definition) is 2. The van der Waals surface area contributed by atoms with E-state index in [0.717, 1.165) is 0 Å². The summed E-state index contributed by atoms with van der Waals surface area (Å²) in [5.74, 6) is 0. The second-order valence-corrected chi connectivity index (χ2v) is 1.81. The van der Waals surface area contributed by atoms with Gasteiger partial charge in [-0.25, -0.2) is 0 Å². The van der Waals surface area contributed by atoms with Gasteiger partial charge in [0, 0.05) is 6.04 Å². The molecule has 38 valence electrons. The van der Waals surface area contributed by atoms with Gasteiger partial charge >= 0.3 is 0 Å². The first-order valence-electron chi connectivity index (χ1n) is 1.80. The van der Waals surface area contributed by atoms with Crippen molar-refractivity contribution in [3.63, 3.8) is 0 Å². The molecule has 0 radical (unpaired) electrons. The van der Waals surface area contributed by atoms with Gasteiger partial charge in [0.1, 0.15) is 0 Å². The second-order valence-electron chi connectivity index (χ2n) is 1.30. The molecule has 0 aromatic rings. The van der Waals surface area contributed by atoms with Crippen LogP contribution in [0.2, 0.25) is 0 Å². The number of alkyl halides is 1. The van der Waals surface area contributed by atoms with E-state index in [2.05, 4.69) is 0 Å². The lowest BCUT2D eigenvalue weighted by atomic mass is 10.4. The summed E-state index contributed by atoms with van der Waals surface area (Å²) in [6.45, 7) is 1.76. The first kappa shape index (κ1) is 6.21. The highest BCUT2D eigenvalue weighted by Gasteiger charge is 1.99. The zero-order valence-electron chi connectivity index (χ0n) is 3.69. The zero-order chi connectivity index (χ0) is 5.15. The lowest BCUT2D eigenvalue weighted by molar-refractivity contribution is 0.701. The van der Waals surface area contributed by atoms with Gasteiger partial charge in [0.15, 0.2) is 0 Å². The van der Waals surface area contributed by atoms with Crippen LogP contribution in [0.5, 0.6) is 0 Å². The quantitative estimate of drug-likeness (QED) is 0.363. The maximum absolute atomic E-state index is 5.27. The van der Waals surface area contributed by atoms with E-state index in [0.29, 0.717) is 0 Å². The molecule has 6 heavy (non-hydrogen) atoms. The van der Waals surface area contributed by atoms with Gasteiger partial charge in [-0.15, -0.1) is 11.6 Å². The molecule has 0 aromatic carbocycles. The van der Waals surface area contributed by atoms with Crippen LogP contribution in [0.1, 0.15) is 6.92 Å². The maximum Gasteiger partial charge on any atom is 0.0950 e. The highest BCUT2D eigenvalue weighted by atomic mass is 35.5. The van der Waals surface area contributed by atoms with Gasteiger partial charge in [0.25, 0.3) is 0 Å². The molecule has 0 aliphatic heterocycles. The number of hydrogen-bond donors (Lipinski definition) is 2. The number of halogens is 1. The fourth-order valence-electron chi connectivity index (χ4n) is 0. The molecule has 0 rings (SSSR count). The van der Waals surface area contributed by atoms with Crippen LogP contribution in [0.3, 0.4) is 0 Å². The van der Waals surface area contributed by atoms with E-state index in [1.807, 2.05) is 0 Å². The first-order chi connectivity index (χ1) is 2.64. The van der Waals surface area contributed by atoms with Crippen LogP contribution in [0.15, 0.2) is 0 Å². The highest BCUT2D eigenvalue weighted by Crippen LogP contribution is 1.87. The van der Waals surface area contributed by atoms with Crippen molar-refractivity contribution in [1.82, 2.24) is 0 Å². The Hall–Kier alpha value is 0.210. The summed E-state index contributed by atoms with van der Waals surface area (Å²) in [5.41, 5.74) is 9.86. The van der Waals surface area contributed by atoms with E-state index in [-0.39, 0.29) is 6.04 Å². The first-order valence-corrected chi connectivity index (χ1v) is 2.23. The Balaban J connectivity index is 2.99. The van der Waals surface area contributed by atoms with Crippen LogP contribution in [0, 0.1) is 0 Å². The van der Waals surface area contributed by atoms with E-state index in [4.69, 9.17) is 23.1 Å². The molecule has 0 aliphatic rings. The minimum absolute atomic E-state index is 0.105. The van der Waals surface area contributed by atoms with Crippen LogP contribution in [0.25, 0.3) is 0 Å². The van der Waals surface area contributed by atoms with Crippen molar-refractivity contribution in [3.05, 3.63) is 0 Å². The van der Waals surface area contributed by atoms with Gasteiger partial charge in [0.05, 0.1) is 5.50 Å². The molecule has 2 atom stereocenters. The van der Waals surface area contributed by atoms with E-state index >= 15 is 0 Å². The molecule has 0 fully saturated rings. The van der Waals surface area contributed by atoms with Crippen LogP contribution in [-0.4, -0.2) is 11.5 Å². The van der Waals surface area contributed by atoms with Crippen molar-refractivity contribution >= 4 is 11.6 Å². The summed E-state index contributed by atoms with van der Waals surface area (Å²) in [5, 5.41) is 0. The minimum atomic E-state index is -0.398. The van der Waals surface area contributed by atoms with Crippen molar-refractivity contribution in [2.75, 3.05) is 0 Å². The van der Waals surface area contributed by atoms with Gasteiger partial charge in [-0.05, 0) is 6.92 Å². The maximum atomic E-state index is 5.27. The summed E-state index contributed by atoms with van der Waals surface area (Å²) in [7, 11) is 0. The summed E-state index contributed by atoms with van der Waals surface area (Å²) >= 11 is 5.27. The highest BCUT2D eigenvalue weighted by molar-refractivity contribution is 6.20. The predicted octanol–water partition coefficient (Wildman–Crippen LogP) is -0.143. The molecule has 2 unspecified atom stereocenters. The third-order valence-electron chi connectivity index (χ3n) is 0.502. The largest absolute Gasteiger partial charge is 0.326 e. The molecule has 0 spiro atoms. The molecule has 0 saturated heterocycles. The number of nitrogens with two attached hydrogens (primary N) is 2. The second kappa shape index (κ2) is 2.39. The standard InChI is InChI=1S/C3H9ClN2/c1-2(5)3(4)6/h2-3H,5-6H2,1H3. The molecular formula is C3H9ClN2. The lowest BCUT2D eigenvalue weighted by Crippen LogP contribution is -2.33. The topological polar surface area (TPSA) is 52.0 Å². The average molecular weight is 109 g/mol. The van der Waals surface area contributed by atoms with Crippen LogP contribution in [-0.2, 0) is 0 Å². The Kier molecular flexibility index (Phi) is 2.48. The third-order valence-corrected chi connectivity index (χ3v) is 0.900. The van der Waals surface area contributed by atoms with Gasteiger partial charge in [-0.1, -0.05) is 0 Å². The molecule has 3 heteroatoms. The Morgan fingerprint density at radius 1 is 1.50 bits per heavy atom. The van der Waals surface area contributed by atoms with Gasteiger partial charge in [-0.2, -0.15) is 0 Å². The van der Waals surface area contributed by atoms with Gasteiger partial charge in [0.2, 0.25) is 0 Å². The summed E-state index contributed by atoms with van der Waals surface area (Å²) < 4.78 is 0. The Morgan fingerprint density at radius 3 is 1.67 bits per heavy atom. The lowest BCUT2D eigenvalue weighted by Gasteiger charge is -2.03. The van der Waals surface area contributed by atoms with E-state index in [1.54, 1.807) is 6.92 Å². The van der Waals surface area contributed by atoms with Crippen molar-refractivity contribution in [2.24, 2.45) is 11.5 Å². The SMILES string of the molecule is CC(N)C(N)Cl. The van der Waals surface area contributed by atoms with E-state index in [1.165, 1.54) is 0 Å². The van der Waals surface area contributed by atoms with Crippen LogP contribution in [0.4, 0.5) is 0 Å². The van der Waals surface area contributed by atoms with E-state index < -0.39 is 5.50 Å². The van der Waals surface area contributed by atoms with Gasteiger partial charge < -0.3 is 11.5 Å². The Morgan fingerprint density at radius 2 is 1.67 bits per heavy atom. The van der Waals surface area contributed by atoms with Crippen molar-refractivity contribution < 1.29 is 0 Å². The molecule has 2 nitrogen and oxygen atoms in total. The molecule has 0 bridgehead atoms. The zero-order valence-corrected chi connectivity index (χ0v) is 4.44. The van der Waals surface area contributed by atoms with Crippen LogP contribution >= 0.6 is 11.6 Å². The fourth-order valence-corrected chi connectivity index (χ4v) is 0. The Bertz CT molecular complexity index is 29.8. The summed E-state index contributed by atoms with van der Waals surface area (Å²) in [4.78, 5) is 0. The molecule has 0 aliphatic carbocycles. The monoisotopic (exact) mass is 108 g/mol. The van der Waals surface area contributed by atoms with E-state index in [9.17, 15) is 0 Å². The summed E-state index contributed by atoms with van der Waals surface area (Å²) in [6.07, 6.45) is 0. The average Bonchev–Trinajstić information content (AvgIpc) is 1.36. The molecule has 0 heterocycles.